The quantitative estimate of drug-likeness (QED) is 0.892. The summed E-state index contributed by atoms with van der Waals surface area (Å²) >= 11 is 6.23. The fourth-order valence-corrected chi connectivity index (χ4v) is 3.45. The Morgan fingerprint density at radius 1 is 1.30 bits per heavy atom. The molecule has 0 unspecified atom stereocenters. The van der Waals surface area contributed by atoms with E-state index in [1.807, 2.05) is 24.4 Å². The van der Waals surface area contributed by atoms with Crippen molar-refractivity contribution in [3.63, 3.8) is 0 Å². The SMILES string of the molecule is C[C@@H](NCc1ccc(Cl)c2cccnc12)C1CCCC1. The van der Waals surface area contributed by atoms with E-state index in [1.54, 1.807) is 0 Å². The zero-order chi connectivity index (χ0) is 13.9. The van der Waals surface area contributed by atoms with Gasteiger partial charge in [0.25, 0.3) is 0 Å². The smallest absolute Gasteiger partial charge is 0.0761 e. The van der Waals surface area contributed by atoms with Crippen LogP contribution >= 0.6 is 11.6 Å². The average molecular weight is 289 g/mol. The molecule has 0 radical (unpaired) electrons. The summed E-state index contributed by atoms with van der Waals surface area (Å²) in [4.78, 5) is 4.49. The van der Waals surface area contributed by atoms with Crippen LogP contribution in [0.25, 0.3) is 10.9 Å². The Morgan fingerprint density at radius 2 is 2.10 bits per heavy atom. The molecule has 0 saturated heterocycles. The van der Waals surface area contributed by atoms with E-state index < -0.39 is 0 Å². The summed E-state index contributed by atoms with van der Waals surface area (Å²) in [7, 11) is 0. The predicted molar refractivity (Wildman–Crippen MR) is 85.0 cm³/mol. The molecule has 106 valence electrons. The lowest BCUT2D eigenvalue weighted by molar-refractivity contribution is 0.381. The Kier molecular flexibility index (Phi) is 4.23. The van der Waals surface area contributed by atoms with Gasteiger partial charge in [0.1, 0.15) is 0 Å². The molecule has 1 aromatic carbocycles. The van der Waals surface area contributed by atoms with Crippen LogP contribution < -0.4 is 5.32 Å². The number of aromatic nitrogens is 1. The van der Waals surface area contributed by atoms with Gasteiger partial charge in [-0.15, -0.1) is 0 Å². The van der Waals surface area contributed by atoms with Crippen molar-refractivity contribution >= 4 is 22.5 Å². The van der Waals surface area contributed by atoms with Crippen LogP contribution in [0.5, 0.6) is 0 Å². The van der Waals surface area contributed by atoms with Gasteiger partial charge in [0.05, 0.1) is 5.52 Å². The van der Waals surface area contributed by atoms with Gasteiger partial charge in [-0.2, -0.15) is 0 Å². The second kappa shape index (κ2) is 6.11. The largest absolute Gasteiger partial charge is 0.310 e. The molecule has 0 spiro atoms. The molecule has 0 bridgehead atoms. The number of halogens is 1. The topological polar surface area (TPSA) is 24.9 Å². The molecule has 3 heteroatoms. The van der Waals surface area contributed by atoms with E-state index in [1.165, 1.54) is 31.2 Å². The first-order valence-electron chi connectivity index (χ1n) is 7.51. The maximum Gasteiger partial charge on any atom is 0.0761 e. The first-order valence-corrected chi connectivity index (χ1v) is 7.89. The maximum atomic E-state index is 6.23. The van der Waals surface area contributed by atoms with E-state index in [4.69, 9.17) is 11.6 Å². The molecule has 1 aliphatic rings. The minimum Gasteiger partial charge on any atom is -0.310 e. The molecule has 0 amide bonds. The molecule has 0 aliphatic heterocycles. The molecule has 1 aliphatic carbocycles. The van der Waals surface area contributed by atoms with Gasteiger partial charge in [0.2, 0.25) is 0 Å². The van der Waals surface area contributed by atoms with Crippen molar-refractivity contribution in [1.82, 2.24) is 10.3 Å². The third kappa shape index (κ3) is 2.82. The van der Waals surface area contributed by atoms with Crippen LogP contribution in [0.4, 0.5) is 0 Å². The Balaban J connectivity index is 1.76. The summed E-state index contributed by atoms with van der Waals surface area (Å²) in [5.41, 5.74) is 2.25. The fourth-order valence-electron chi connectivity index (χ4n) is 3.23. The average Bonchev–Trinajstić information content (AvgIpc) is 3.01. The Hall–Kier alpha value is -1.12. The summed E-state index contributed by atoms with van der Waals surface area (Å²) in [5.74, 6) is 0.835. The lowest BCUT2D eigenvalue weighted by Gasteiger charge is -2.20. The fraction of sp³-hybridized carbons (Fsp3) is 0.471. The van der Waals surface area contributed by atoms with Gasteiger partial charge in [0.15, 0.2) is 0 Å². The highest BCUT2D eigenvalue weighted by Crippen LogP contribution is 2.28. The number of nitrogens with one attached hydrogen (secondary N) is 1. The number of rotatable bonds is 4. The minimum atomic E-state index is 0.576. The molecule has 2 nitrogen and oxygen atoms in total. The molecular formula is C17H21ClN2. The van der Waals surface area contributed by atoms with E-state index in [9.17, 15) is 0 Å². The van der Waals surface area contributed by atoms with Gasteiger partial charge in [0, 0.05) is 29.2 Å². The highest BCUT2D eigenvalue weighted by Gasteiger charge is 2.21. The van der Waals surface area contributed by atoms with Crippen molar-refractivity contribution in [3.05, 3.63) is 41.0 Å². The van der Waals surface area contributed by atoms with Crippen molar-refractivity contribution < 1.29 is 0 Å². The van der Waals surface area contributed by atoms with E-state index in [2.05, 4.69) is 23.3 Å². The summed E-state index contributed by atoms with van der Waals surface area (Å²) in [6.45, 7) is 3.17. The second-order valence-electron chi connectivity index (χ2n) is 5.82. The van der Waals surface area contributed by atoms with Crippen molar-refractivity contribution in [2.45, 2.75) is 45.2 Å². The van der Waals surface area contributed by atoms with Crippen molar-refractivity contribution in [3.8, 4) is 0 Å². The van der Waals surface area contributed by atoms with Gasteiger partial charge >= 0.3 is 0 Å². The summed E-state index contributed by atoms with van der Waals surface area (Å²) in [6.07, 6.45) is 7.36. The summed E-state index contributed by atoms with van der Waals surface area (Å²) in [5, 5.41) is 5.49. The first kappa shape index (κ1) is 13.8. The Morgan fingerprint density at radius 3 is 2.90 bits per heavy atom. The molecule has 2 aromatic rings. The van der Waals surface area contributed by atoms with E-state index >= 15 is 0 Å². The first-order chi connectivity index (χ1) is 9.75. The van der Waals surface area contributed by atoms with Crippen LogP contribution in [-0.4, -0.2) is 11.0 Å². The lowest BCUT2D eigenvalue weighted by Crippen LogP contribution is -2.31. The minimum absolute atomic E-state index is 0.576. The monoisotopic (exact) mass is 288 g/mol. The number of pyridine rings is 1. The van der Waals surface area contributed by atoms with Gasteiger partial charge < -0.3 is 5.32 Å². The number of nitrogens with zero attached hydrogens (tertiary/aromatic N) is 1. The lowest BCUT2D eigenvalue weighted by atomic mass is 9.99. The highest BCUT2D eigenvalue weighted by molar-refractivity contribution is 6.35. The van der Waals surface area contributed by atoms with Crippen LogP contribution in [0.3, 0.4) is 0 Å². The summed E-state index contributed by atoms with van der Waals surface area (Å²) < 4.78 is 0. The number of hydrogen-bond donors (Lipinski definition) is 1. The van der Waals surface area contributed by atoms with Crippen molar-refractivity contribution in [1.29, 1.82) is 0 Å². The number of benzene rings is 1. The van der Waals surface area contributed by atoms with Gasteiger partial charge in [-0.05, 0) is 49.4 Å². The Labute approximate surface area is 125 Å². The van der Waals surface area contributed by atoms with Crippen LogP contribution in [-0.2, 0) is 6.54 Å². The zero-order valence-electron chi connectivity index (χ0n) is 11.9. The Bertz CT molecular complexity index is 591. The molecule has 1 N–H and O–H groups in total. The molecule has 20 heavy (non-hydrogen) atoms. The van der Waals surface area contributed by atoms with E-state index in [-0.39, 0.29) is 0 Å². The number of fused-ring (bicyclic) bond motifs is 1. The molecule has 1 saturated carbocycles. The third-order valence-corrected chi connectivity index (χ3v) is 4.85. The molecule has 1 heterocycles. The maximum absolute atomic E-state index is 6.23. The van der Waals surface area contributed by atoms with Gasteiger partial charge in [-0.1, -0.05) is 30.5 Å². The van der Waals surface area contributed by atoms with Crippen LogP contribution in [0, 0.1) is 5.92 Å². The molecule has 1 atom stereocenters. The highest BCUT2D eigenvalue weighted by atomic mass is 35.5. The van der Waals surface area contributed by atoms with Crippen LogP contribution in [0.2, 0.25) is 5.02 Å². The third-order valence-electron chi connectivity index (χ3n) is 4.52. The second-order valence-corrected chi connectivity index (χ2v) is 6.23. The van der Waals surface area contributed by atoms with Crippen LogP contribution in [0.1, 0.15) is 38.2 Å². The molecule has 1 fully saturated rings. The molecule has 1 aromatic heterocycles. The van der Waals surface area contributed by atoms with Gasteiger partial charge in [-0.25, -0.2) is 0 Å². The molecular weight excluding hydrogens is 268 g/mol. The normalized spacial score (nSPS) is 17.7. The van der Waals surface area contributed by atoms with Crippen molar-refractivity contribution in [2.75, 3.05) is 0 Å². The van der Waals surface area contributed by atoms with Crippen LogP contribution in [0.15, 0.2) is 30.5 Å². The number of hydrogen-bond acceptors (Lipinski definition) is 2. The molecule has 3 rings (SSSR count). The summed E-state index contributed by atoms with van der Waals surface area (Å²) in [6, 6.07) is 8.61. The van der Waals surface area contributed by atoms with E-state index in [0.29, 0.717) is 6.04 Å². The van der Waals surface area contributed by atoms with Gasteiger partial charge in [-0.3, -0.25) is 4.98 Å². The standard InChI is InChI=1S/C17H21ClN2/c1-12(13-5-2-3-6-13)20-11-14-8-9-16(18)15-7-4-10-19-17(14)15/h4,7-10,12-13,20H,2-3,5-6,11H2,1H3/t12-/m1/s1. The zero-order valence-corrected chi connectivity index (χ0v) is 12.7. The van der Waals surface area contributed by atoms with E-state index in [0.717, 1.165) is 28.4 Å². The van der Waals surface area contributed by atoms with Crippen molar-refractivity contribution in [2.24, 2.45) is 5.92 Å². The predicted octanol–water partition coefficient (Wildman–Crippen LogP) is 4.56.